The van der Waals surface area contributed by atoms with Gasteiger partial charge >= 0.3 is 0 Å². The molecule has 0 amide bonds. The quantitative estimate of drug-likeness (QED) is 0.680. The predicted octanol–water partition coefficient (Wildman–Crippen LogP) is 3.25. The summed E-state index contributed by atoms with van der Waals surface area (Å²) >= 11 is 8.96. The van der Waals surface area contributed by atoms with Crippen LogP contribution in [0.4, 0.5) is 0 Å². The molecule has 56 valence electrons. The fourth-order valence-electron chi connectivity index (χ4n) is 0.706. The zero-order valence-corrected chi connectivity index (χ0v) is 7.93. The largest absolute Gasteiger partial charge is 0.196 e. The van der Waals surface area contributed by atoms with Crippen LogP contribution < -0.4 is 0 Å². The minimum atomic E-state index is -0.539. The molecule has 1 rings (SSSR count). The Hall–Kier alpha value is -0.520. The molecule has 1 aromatic rings. The highest BCUT2D eigenvalue weighted by molar-refractivity contribution is 9.10. The number of halogens is 2. The molecule has 1 aromatic carbocycles. The first-order valence-electron chi connectivity index (χ1n) is 3.03. The average Bonchev–Trinajstić information content (AvgIpc) is 2.05. The smallest absolute Gasteiger partial charge is 0.145 e. The molecule has 1 nitrogen and oxygen atoms in total. The van der Waals surface area contributed by atoms with Crippen LogP contribution in [0.3, 0.4) is 0 Å². The van der Waals surface area contributed by atoms with E-state index in [1.807, 2.05) is 30.3 Å². The topological polar surface area (TPSA) is 23.8 Å². The van der Waals surface area contributed by atoms with Crippen molar-refractivity contribution in [2.75, 3.05) is 0 Å². The first-order chi connectivity index (χ1) is 5.24. The zero-order valence-electron chi connectivity index (χ0n) is 5.59. The van der Waals surface area contributed by atoms with Crippen LogP contribution in [0.2, 0.25) is 0 Å². The van der Waals surface area contributed by atoms with E-state index in [9.17, 15) is 0 Å². The fourth-order valence-corrected chi connectivity index (χ4v) is 1.12. The van der Waals surface area contributed by atoms with Crippen LogP contribution in [0, 0.1) is 11.3 Å². The van der Waals surface area contributed by atoms with Gasteiger partial charge in [0.15, 0.2) is 0 Å². The Balaban J connectivity index is 2.92. The molecule has 0 aliphatic carbocycles. The first-order valence-corrected chi connectivity index (χ1v) is 4.26. The maximum atomic E-state index is 8.46. The van der Waals surface area contributed by atoms with E-state index in [4.69, 9.17) is 16.9 Å². The second-order valence-corrected chi connectivity index (χ2v) is 3.40. The summed E-state index contributed by atoms with van der Waals surface area (Å²) in [5, 5.41) is 7.93. The molecule has 0 spiro atoms. The maximum absolute atomic E-state index is 8.46. The van der Waals surface area contributed by atoms with Crippen molar-refractivity contribution >= 4 is 27.5 Å². The van der Waals surface area contributed by atoms with Gasteiger partial charge < -0.3 is 0 Å². The molecular formula is C8H5BrClN. The van der Waals surface area contributed by atoms with Gasteiger partial charge in [0.05, 0.1) is 6.07 Å². The Bertz CT molecular complexity index is 275. The highest BCUT2D eigenvalue weighted by atomic mass is 79.9. The van der Waals surface area contributed by atoms with Crippen LogP contribution >= 0.6 is 27.5 Å². The molecule has 0 fully saturated rings. The molecule has 11 heavy (non-hydrogen) atoms. The molecule has 0 saturated carbocycles. The minimum absolute atomic E-state index is 0.539. The Morgan fingerprint density at radius 3 is 2.36 bits per heavy atom. The van der Waals surface area contributed by atoms with E-state index in [2.05, 4.69) is 15.9 Å². The van der Waals surface area contributed by atoms with Crippen LogP contribution in [-0.4, -0.2) is 0 Å². The van der Waals surface area contributed by atoms with E-state index in [1.165, 1.54) is 0 Å². The van der Waals surface area contributed by atoms with E-state index in [-0.39, 0.29) is 0 Å². The van der Waals surface area contributed by atoms with Crippen molar-refractivity contribution in [2.45, 2.75) is 5.38 Å². The fraction of sp³-hybridized carbons (Fsp3) is 0.125. The monoisotopic (exact) mass is 229 g/mol. The molecule has 0 saturated heterocycles. The minimum Gasteiger partial charge on any atom is -0.196 e. The molecule has 0 aliphatic heterocycles. The second-order valence-electron chi connectivity index (χ2n) is 2.04. The van der Waals surface area contributed by atoms with Gasteiger partial charge in [0.1, 0.15) is 5.38 Å². The summed E-state index contributed by atoms with van der Waals surface area (Å²) in [4.78, 5) is 0. The van der Waals surface area contributed by atoms with E-state index in [1.54, 1.807) is 0 Å². The predicted molar refractivity (Wildman–Crippen MR) is 48.3 cm³/mol. The summed E-state index contributed by atoms with van der Waals surface area (Å²) < 4.78 is 0.989. The standard InChI is InChI=1S/C8H5BrClN/c9-7-3-1-6(2-4-7)8(10)5-11/h1-4,8H. The maximum Gasteiger partial charge on any atom is 0.145 e. The molecule has 1 unspecified atom stereocenters. The summed E-state index contributed by atoms with van der Waals surface area (Å²) in [6, 6.07) is 9.33. The molecular weight excluding hydrogens is 225 g/mol. The number of hydrogen-bond donors (Lipinski definition) is 0. The van der Waals surface area contributed by atoms with E-state index < -0.39 is 5.38 Å². The number of alkyl halides is 1. The summed E-state index contributed by atoms with van der Waals surface area (Å²) in [7, 11) is 0. The number of rotatable bonds is 1. The van der Waals surface area contributed by atoms with Crippen LogP contribution in [0.25, 0.3) is 0 Å². The van der Waals surface area contributed by atoms with Gasteiger partial charge in [-0.05, 0) is 17.7 Å². The summed E-state index contributed by atoms with van der Waals surface area (Å²) in [5.74, 6) is 0. The lowest BCUT2D eigenvalue weighted by Gasteiger charge is -1.98. The number of benzene rings is 1. The SMILES string of the molecule is N#CC(Cl)c1ccc(Br)cc1. The summed E-state index contributed by atoms with van der Waals surface area (Å²) in [6.07, 6.45) is 0. The van der Waals surface area contributed by atoms with Crippen molar-refractivity contribution in [1.29, 1.82) is 5.26 Å². The highest BCUT2D eigenvalue weighted by Gasteiger charge is 2.03. The van der Waals surface area contributed by atoms with Gasteiger partial charge in [0.25, 0.3) is 0 Å². The zero-order chi connectivity index (χ0) is 8.27. The van der Waals surface area contributed by atoms with Crippen molar-refractivity contribution in [1.82, 2.24) is 0 Å². The molecule has 3 heteroatoms. The van der Waals surface area contributed by atoms with Crippen molar-refractivity contribution in [3.05, 3.63) is 34.3 Å². The van der Waals surface area contributed by atoms with Gasteiger partial charge in [-0.1, -0.05) is 28.1 Å². The Kier molecular flexibility index (Phi) is 2.92. The van der Waals surface area contributed by atoms with E-state index >= 15 is 0 Å². The Morgan fingerprint density at radius 1 is 1.36 bits per heavy atom. The summed E-state index contributed by atoms with van der Waals surface area (Å²) in [6.45, 7) is 0. The van der Waals surface area contributed by atoms with E-state index in [0.29, 0.717) is 0 Å². The normalized spacial score (nSPS) is 12.1. The van der Waals surface area contributed by atoms with Crippen LogP contribution in [0.1, 0.15) is 10.9 Å². The third kappa shape index (κ3) is 2.21. The van der Waals surface area contributed by atoms with Crippen molar-refractivity contribution in [3.63, 3.8) is 0 Å². The lowest BCUT2D eigenvalue weighted by molar-refractivity contribution is 1.21. The lowest BCUT2D eigenvalue weighted by atomic mass is 10.2. The average molecular weight is 230 g/mol. The molecule has 0 radical (unpaired) electrons. The highest BCUT2D eigenvalue weighted by Crippen LogP contribution is 2.20. The number of hydrogen-bond acceptors (Lipinski definition) is 1. The second kappa shape index (κ2) is 3.75. The van der Waals surface area contributed by atoms with Crippen molar-refractivity contribution < 1.29 is 0 Å². The molecule has 0 heterocycles. The van der Waals surface area contributed by atoms with Gasteiger partial charge in [0.2, 0.25) is 0 Å². The van der Waals surface area contributed by atoms with Crippen LogP contribution in [0.15, 0.2) is 28.7 Å². The lowest BCUT2D eigenvalue weighted by Crippen LogP contribution is -1.84. The third-order valence-electron chi connectivity index (χ3n) is 1.28. The molecule has 0 aliphatic rings. The van der Waals surface area contributed by atoms with Gasteiger partial charge in [-0.15, -0.1) is 11.6 Å². The van der Waals surface area contributed by atoms with Crippen molar-refractivity contribution in [3.8, 4) is 6.07 Å². The number of nitriles is 1. The first kappa shape index (κ1) is 8.58. The number of nitrogens with zero attached hydrogens (tertiary/aromatic N) is 1. The summed E-state index contributed by atoms with van der Waals surface area (Å²) in [5.41, 5.74) is 0.831. The van der Waals surface area contributed by atoms with Crippen molar-refractivity contribution in [2.24, 2.45) is 0 Å². The Labute approximate surface area is 78.7 Å². The van der Waals surface area contributed by atoms with Gasteiger partial charge in [-0.25, -0.2) is 0 Å². The Morgan fingerprint density at radius 2 is 1.91 bits per heavy atom. The molecule has 0 bridgehead atoms. The molecule has 1 atom stereocenters. The molecule has 0 N–H and O–H groups in total. The van der Waals surface area contributed by atoms with Gasteiger partial charge in [0, 0.05) is 4.47 Å². The van der Waals surface area contributed by atoms with E-state index in [0.717, 1.165) is 10.0 Å². The van der Waals surface area contributed by atoms with Crippen LogP contribution in [-0.2, 0) is 0 Å². The van der Waals surface area contributed by atoms with Gasteiger partial charge in [-0.2, -0.15) is 5.26 Å². The third-order valence-corrected chi connectivity index (χ3v) is 2.15. The molecule has 0 aromatic heterocycles. The van der Waals surface area contributed by atoms with Crippen LogP contribution in [0.5, 0.6) is 0 Å². The van der Waals surface area contributed by atoms with Gasteiger partial charge in [-0.3, -0.25) is 0 Å².